The van der Waals surface area contributed by atoms with Crippen LogP contribution in [0.3, 0.4) is 0 Å². The maximum Gasteiger partial charge on any atom is 0.294 e. The molecule has 3 saturated heterocycles. The lowest BCUT2D eigenvalue weighted by molar-refractivity contribution is -0.769. The van der Waals surface area contributed by atoms with Crippen molar-refractivity contribution in [2.24, 2.45) is 0 Å². The predicted octanol–water partition coefficient (Wildman–Crippen LogP) is 0.442. The van der Waals surface area contributed by atoms with Crippen molar-refractivity contribution in [1.82, 2.24) is 14.9 Å². The number of fused-ring (bicyclic) bond motifs is 2. The molecule has 2 N–H and O–H groups in total. The van der Waals surface area contributed by atoms with E-state index in [1.54, 1.807) is 26.4 Å². The number of hydrogen-bond donors (Lipinski definition) is 1. The second-order valence-corrected chi connectivity index (χ2v) is 8.19. The van der Waals surface area contributed by atoms with Gasteiger partial charge in [0.05, 0.1) is 32.4 Å². The number of hydrogen-bond acceptors (Lipinski definition) is 12. The monoisotopic (exact) mass is 462 g/mol. The van der Waals surface area contributed by atoms with E-state index in [1.165, 1.54) is 0 Å². The smallest absolute Gasteiger partial charge is 0.294 e. The van der Waals surface area contributed by atoms with Crippen LogP contribution in [-0.2, 0) is 14.3 Å². The van der Waals surface area contributed by atoms with Gasteiger partial charge in [-0.25, -0.2) is 4.98 Å². The highest BCUT2D eigenvalue weighted by atomic mass is 17.0. The van der Waals surface area contributed by atoms with E-state index in [2.05, 4.69) is 14.8 Å². The van der Waals surface area contributed by atoms with E-state index in [9.17, 15) is 10.1 Å². The van der Waals surface area contributed by atoms with Crippen molar-refractivity contribution in [3.8, 4) is 11.5 Å². The van der Waals surface area contributed by atoms with Crippen molar-refractivity contribution >= 4 is 22.7 Å². The summed E-state index contributed by atoms with van der Waals surface area (Å²) in [5.74, 6) is 2.07. The topological polar surface area (TPSA) is 148 Å². The highest BCUT2D eigenvalue weighted by Crippen LogP contribution is 2.36. The van der Waals surface area contributed by atoms with Gasteiger partial charge in [-0.05, 0) is 6.07 Å². The molecule has 4 heterocycles. The van der Waals surface area contributed by atoms with Gasteiger partial charge < -0.3 is 34.4 Å². The van der Waals surface area contributed by atoms with Gasteiger partial charge in [0.15, 0.2) is 17.6 Å². The van der Waals surface area contributed by atoms with Gasteiger partial charge in [-0.1, -0.05) is 0 Å². The zero-order valence-corrected chi connectivity index (χ0v) is 18.4. The Morgan fingerprint density at radius 1 is 1.15 bits per heavy atom. The Bertz CT molecular complexity index is 1050. The number of benzene rings is 1. The second kappa shape index (κ2) is 8.65. The van der Waals surface area contributed by atoms with Crippen molar-refractivity contribution in [2.45, 2.75) is 31.0 Å². The lowest BCUT2D eigenvalue weighted by Gasteiger charge is -2.38. The first-order valence-electron chi connectivity index (χ1n) is 10.7. The predicted molar refractivity (Wildman–Crippen MR) is 116 cm³/mol. The van der Waals surface area contributed by atoms with Gasteiger partial charge in [0, 0.05) is 44.1 Å². The molecule has 13 heteroatoms. The molecule has 0 amide bonds. The molecule has 0 aliphatic carbocycles. The fourth-order valence-corrected chi connectivity index (χ4v) is 4.71. The van der Waals surface area contributed by atoms with Gasteiger partial charge in [0.1, 0.15) is 18.1 Å². The maximum absolute atomic E-state index is 10.7. The first kappa shape index (κ1) is 21.7. The Kier molecular flexibility index (Phi) is 5.68. The van der Waals surface area contributed by atoms with Crippen molar-refractivity contribution in [3.63, 3.8) is 0 Å². The molecule has 1 aromatic heterocycles. The van der Waals surface area contributed by atoms with Crippen LogP contribution >= 0.6 is 0 Å². The molecule has 0 unspecified atom stereocenters. The Morgan fingerprint density at radius 2 is 1.88 bits per heavy atom. The minimum absolute atomic E-state index is 0.167. The number of rotatable bonds is 6. The van der Waals surface area contributed by atoms with Gasteiger partial charge in [-0.3, -0.25) is 4.90 Å². The molecule has 178 valence electrons. The minimum atomic E-state index is -0.785. The number of ether oxygens (including phenoxy) is 4. The van der Waals surface area contributed by atoms with Crippen LogP contribution in [0.1, 0.15) is 6.42 Å². The van der Waals surface area contributed by atoms with Crippen LogP contribution < -0.4 is 20.1 Å². The quantitative estimate of drug-likeness (QED) is 0.469. The zero-order valence-electron chi connectivity index (χ0n) is 18.4. The highest BCUT2D eigenvalue weighted by Gasteiger charge is 2.49. The van der Waals surface area contributed by atoms with E-state index < -0.39 is 17.3 Å². The van der Waals surface area contributed by atoms with E-state index >= 15 is 0 Å². The van der Waals surface area contributed by atoms with E-state index in [0.717, 1.165) is 13.1 Å². The number of nitrogens with two attached hydrogens (primary N) is 1. The summed E-state index contributed by atoms with van der Waals surface area (Å²) < 4.78 is 22.5. The molecule has 1 aromatic carbocycles. The van der Waals surface area contributed by atoms with Crippen LogP contribution in [0, 0.1) is 10.1 Å². The third-order valence-electron chi connectivity index (χ3n) is 6.40. The summed E-state index contributed by atoms with van der Waals surface area (Å²) in [6.07, 6.45) is -0.799. The van der Waals surface area contributed by atoms with Gasteiger partial charge in [-0.15, -0.1) is 10.1 Å². The fraction of sp³-hybridized carbons (Fsp3) is 0.600. The molecular weight excluding hydrogens is 436 g/mol. The lowest BCUT2D eigenvalue weighted by Crippen LogP contribution is -2.51. The zero-order chi connectivity index (χ0) is 23.1. The summed E-state index contributed by atoms with van der Waals surface area (Å²) >= 11 is 0. The van der Waals surface area contributed by atoms with Crippen LogP contribution in [0.2, 0.25) is 0 Å². The Labute approximate surface area is 189 Å². The summed E-state index contributed by atoms with van der Waals surface area (Å²) in [4.78, 5) is 28.9. The summed E-state index contributed by atoms with van der Waals surface area (Å²) in [7, 11) is 3.14. The maximum atomic E-state index is 10.7. The van der Waals surface area contributed by atoms with Crippen molar-refractivity contribution in [2.75, 3.05) is 57.6 Å². The van der Waals surface area contributed by atoms with Crippen molar-refractivity contribution in [3.05, 3.63) is 22.2 Å². The molecule has 3 aliphatic rings. The number of anilines is 2. The third-order valence-corrected chi connectivity index (χ3v) is 6.40. The number of nitrogen functional groups attached to an aromatic ring is 1. The molecule has 33 heavy (non-hydrogen) atoms. The molecular formula is C20H26N6O7. The van der Waals surface area contributed by atoms with Gasteiger partial charge >= 0.3 is 0 Å². The molecule has 0 spiro atoms. The number of aromatic nitrogens is 2. The number of piperazine rings is 1. The largest absolute Gasteiger partial charge is 0.493 e. The molecule has 13 nitrogen and oxygen atoms in total. The summed E-state index contributed by atoms with van der Waals surface area (Å²) in [6, 6.07) is 3.57. The molecule has 4 atom stereocenters. The van der Waals surface area contributed by atoms with Gasteiger partial charge in [0.25, 0.3) is 5.09 Å². The number of nitrogens with zero attached hydrogens (tertiary/aromatic N) is 5. The molecule has 2 aromatic rings. The highest BCUT2D eigenvalue weighted by molar-refractivity contribution is 5.91. The first-order valence-corrected chi connectivity index (χ1v) is 10.7. The molecule has 5 rings (SSSR count). The number of methoxy groups -OCH3 is 2. The Morgan fingerprint density at radius 3 is 2.58 bits per heavy atom. The fourth-order valence-electron chi connectivity index (χ4n) is 4.71. The van der Waals surface area contributed by atoms with Gasteiger partial charge in [-0.2, -0.15) is 4.98 Å². The minimum Gasteiger partial charge on any atom is -0.493 e. The van der Waals surface area contributed by atoms with Crippen LogP contribution in [0.15, 0.2) is 12.1 Å². The average molecular weight is 462 g/mol. The van der Waals surface area contributed by atoms with Gasteiger partial charge in [0.2, 0.25) is 5.95 Å². The molecule has 3 aliphatic heterocycles. The van der Waals surface area contributed by atoms with Crippen LogP contribution in [0.25, 0.3) is 10.9 Å². The molecule has 3 fully saturated rings. The summed E-state index contributed by atoms with van der Waals surface area (Å²) in [5.41, 5.74) is 6.91. The Hall–Kier alpha value is -3.16. The Balaban J connectivity index is 1.25. The summed E-state index contributed by atoms with van der Waals surface area (Å²) in [5, 5.41) is 10.6. The lowest BCUT2D eigenvalue weighted by atomic mass is 10.1. The first-order chi connectivity index (χ1) is 16.0. The SMILES string of the molecule is COc1cc2nc(N3CCN([C@@H]4C[C@H]5OC[C@H](O[N+](=O)[O-])[C@H]5O4)CC3)nc(N)c2cc1OC. The van der Waals surface area contributed by atoms with Crippen molar-refractivity contribution in [1.29, 1.82) is 0 Å². The second-order valence-electron chi connectivity index (χ2n) is 8.19. The van der Waals surface area contributed by atoms with E-state index in [4.69, 9.17) is 34.5 Å². The molecule has 0 bridgehead atoms. The van der Waals surface area contributed by atoms with E-state index in [0.29, 0.717) is 53.7 Å². The standard InChI is InChI=1S/C20H26N6O7/c1-29-13-7-11-12(8-14(13)30-2)22-20(23-19(11)21)25-5-3-24(4-6-25)17-9-15-18(32-17)16(10-31-15)33-26(27)28/h7-8,15-18H,3-6,9-10H2,1-2H3,(H2,21,22,23)/t15-,16+,17+,18+/m1/s1. The van der Waals surface area contributed by atoms with E-state index in [-0.39, 0.29) is 18.9 Å². The third kappa shape index (κ3) is 4.03. The van der Waals surface area contributed by atoms with Crippen LogP contribution in [-0.4, -0.2) is 91.5 Å². The molecule has 0 saturated carbocycles. The van der Waals surface area contributed by atoms with Crippen LogP contribution in [0.4, 0.5) is 11.8 Å². The van der Waals surface area contributed by atoms with Crippen molar-refractivity contribution < 1.29 is 28.9 Å². The average Bonchev–Trinajstić information content (AvgIpc) is 3.40. The molecule has 0 radical (unpaired) electrons. The van der Waals surface area contributed by atoms with Crippen LogP contribution in [0.5, 0.6) is 11.5 Å². The normalized spacial score (nSPS) is 27.5. The van der Waals surface area contributed by atoms with E-state index in [1.807, 2.05) is 0 Å². The summed E-state index contributed by atoms with van der Waals surface area (Å²) in [6.45, 7) is 2.98.